The van der Waals surface area contributed by atoms with Crippen molar-refractivity contribution in [1.82, 2.24) is 10.3 Å². The Morgan fingerprint density at radius 3 is 2.57 bits per heavy atom. The first-order chi connectivity index (χ1) is 10.1. The summed E-state index contributed by atoms with van der Waals surface area (Å²) in [6.07, 6.45) is 2.21. The van der Waals surface area contributed by atoms with Crippen LogP contribution in [0.5, 0.6) is 0 Å². The average molecular weight is 283 g/mol. The average Bonchev–Trinajstić information content (AvgIpc) is 2.43. The highest BCUT2D eigenvalue weighted by atomic mass is 16.1. The van der Waals surface area contributed by atoms with Gasteiger partial charge in [0.05, 0.1) is 5.69 Å². The van der Waals surface area contributed by atoms with E-state index in [-0.39, 0.29) is 5.91 Å². The molecule has 4 heteroatoms. The van der Waals surface area contributed by atoms with E-state index in [0.29, 0.717) is 19.5 Å². The smallest absolute Gasteiger partial charge is 0.225 e. The van der Waals surface area contributed by atoms with Gasteiger partial charge in [0.15, 0.2) is 0 Å². The lowest BCUT2D eigenvalue weighted by molar-refractivity contribution is -0.116. The van der Waals surface area contributed by atoms with E-state index in [4.69, 9.17) is 0 Å². The lowest BCUT2D eigenvalue weighted by Crippen LogP contribution is -2.21. The molecule has 0 spiro atoms. The molecule has 21 heavy (non-hydrogen) atoms. The highest BCUT2D eigenvalue weighted by Crippen LogP contribution is 2.13. The fourth-order valence-electron chi connectivity index (χ4n) is 2.19. The van der Waals surface area contributed by atoms with Crippen LogP contribution in [-0.4, -0.2) is 17.4 Å². The van der Waals surface area contributed by atoms with Crippen LogP contribution in [-0.2, 0) is 11.3 Å². The molecule has 4 nitrogen and oxygen atoms in total. The number of hydrogen-bond acceptors (Lipinski definition) is 3. The number of pyridine rings is 1. The van der Waals surface area contributed by atoms with Gasteiger partial charge in [0.1, 0.15) is 0 Å². The number of benzene rings is 1. The molecular formula is C17H21N3O. The summed E-state index contributed by atoms with van der Waals surface area (Å²) < 4.78 is 0. The molecule has 1 heterocycles. The summed E-state index contributed by atoms with van der Waals surface area (Å²) in [4.78, 5) is 16.1. The van der Waals surface area contributed by atoms with E-state index in [1.54, 1.807) is 6.20 Å². The minimum absolute atomic E-state index is 0.0218. The van der Waals surface area contributed by atoms with Gasteiger partial charge in [-0.05, 0) is 49.2 Å². The van der Waals surface area contributed by atoms with Crippen molar-refractivity contribution in [2.45, 2.75) is 26.8 Å². The Balaban J connectivity index is 1.72. The molecule has 2 aromatic rings. The van der Waals surface area contributed by atoms with Crippen LogP contribution >= 0.6 is 0 Å². The summed E-state index contributed by atoms with van der Waals surface area (Å²) in [7, 11) is 0. The number of aromatic nitrogens is 1. The van der Waals surface area contributed by atoms with E-state index in [2.05, 4.69) is 21.7 Å². The van der Waals surface area contributed by atoms with Crippen molar-refractivity contribution in [3.63, 3.8) is 0 Å². The van der Waals surface area contributed by atoms with E-state index >= 15 is 0 Å². The van der Waals surface area contributed by atoms with Crippen LogP contribution in [0, 0.1) is 13.8 Å². The molecule has 0 bridgehead atoms. The largest absolute Gasteiger partial charge is 0.326 e. The number of rotatable bonds is 6. The first kappa shape index (κ1) is 15.2. The standard InChI is InChI=1S/C17H21N3O/c1-13-9-14(2)11-16(10-13)20-17(21)6-8-18-12-15-5-3-4-7-19-15/h3-5,7,9-11,18H,6,8,12H2,1-2H3,(H,20,21). The van der Waals surface area contributed by atoms with Crippen molar-refractivity contribution in [2.24, 2.45) is 0 Å². The topological polar surface area (TPSA) is 54.0 Å². The molecule has 0 aliphatic carbocycles. The number of amides is 1. The monoisotopic (exact) mass is 283 g/mol. The SMILES string of the molecule is Cc1cc(C)cc(NC(=O)CCNCc2ccccn2)c1. The molecule has 1 aromatic carbocycles. The van der Waals surface area contributed by atoms with Crippen LogP contribution in [0.3, 0.4) is 0 Å². The Morgan fingerprint density at radius 1 is 1.14 bits per heavy atom. The van der Waals surface area contributed by atoms with E-state index < -0.39 is 0 Å². The lowest BCUT2D eigenvalue weighted by atomic mass is 10.1. The molecule has 1 aromatic heterocycles. The molecule has 2 rings (SSSR count). The van der Waals surface area contributed by atoms with Crippen molar-refractivity contribution >= 4 is 11.6 Å². The van der Waals surface area contributed by atoms with Gasteiger partial charge >= 0.3 is 0 Å². The van der Waals surface area contributed by atoms with Gasteiger partial charge in [-0.3, -0.25) is 9.78 Å². The van der Waals surface area contributed by atoms with Gasteiger partial charge in [-0.25, -0.2) is 0 Å². The first-order valence-electron chi connectivity index (χ1n) is 7.12. The van der Waals surface area contributed by atoms with Crippen LogP contribution in [0.15, 0.2) is 42.6 Å². The molecular weight excluding hydrogens is 262 g/mol. The van der Waals surface area contributed by atoms with E-state index in [9.17, 15) is 4.79 Å². The molecule has 110 valence electrons. The Labute approximate surface area is 125 Å². The lowest BCUT2D eigenvalue weighted by Gasteiger charge is -2.08. The van der Waals surface area contributed by atoms with Gasteiger partial charge < -0.3 is 10.6 Å². The Hall–Kier alpha value is -2.20. The van der Waals surface area contributed by atoms with E-state index in [1.165, 1.54) is 0 Å². The molecule has 0 saturated heterocycles. The van der Waals surface area contributed by atoms with Crippen LogP contribution in [0.1, 0.15) is 23.2 Å². The second-order valence-corrected chi connectivity index (χ2v) is 5.17. The number of anilines is 1. The van der Waals surface area contributed by atoms with Gasteiger partial charge in [0.25, 0.3) is 0 Å². The van der Waals surface area contributed by atoms with E-state index in [1.807, 2.05) is 44.2 Å². The highest BCUT2D eigenvalue weighted by Gasteiger charge is 2.03. The van der Waals surface area contributed by atoms with Crippen molar-refractivity contribution < 1.29 is 4.79 Å². The molecule has 0 radical (unpaired) electrons. The fraction of sp³-hybridized carbons (Fsp3) is 0.294. The van der Waals surface area contributed by atoms with Crippen LogP contribution in [0.4, 0.5) is 5.69 Å². The summed E-state index contributed by atoms with van der Waals surface area (Å²) in [5.41, 5.74) is 4.14. The summed E-state index contributed by atoms with van der Waals surface area (Å²) in [6, 6.07) is 11.8. The van der Waals surface area contributed by atoms with Gasteiger partial charge in [0.2, 0.25) is 5.91 Å². The zero-order valence-corrected chi connectivity index (χ0v) is 12.5. The molecule has 0 atom stereocenters. The van der Waals surface area contributed by atoms with Gasteiger partial charge in [-0.15, -0.1) is 0 Å². The maximum atomic E-state index is 11.9. The number of nitrogens with one attached hydrogen (secondary N) is 2. The minimum Gasteiger partial charge on any atom is -0.326 e. The summed E-state index contributed by atoms with van der Waals surface area (Å²) in [5, 5.41) is 6.15. The minimum atomic E-state index is 0.0218. The summed E-state index contributed by atoms with van der Waals surface area (Å²) in [5.74, 6) is 0.0218. The Kier molecular flexibility index (Phi) is 5.46. The van der Waals surface area contributed by atoms with Gasteiger partial charge in [0, 0.05) is 31.4 Å². The third-order valence-corrected chi connectivity index (χ3v) is 3.07. The number of hydrogen-bond donors (Lipinski definition) is 2. The zero-order chi connectivity index (χ0) is 15.1. The predicted molar refractivity (Wildman–Crippen MR) is 85.1 cm³/mol. The molecule has 0 aliphatic rings. The fourth-order valence-corrected chi connectivity index (χ4v) is 2.19. The molecule has 0 saturated carbocycles. The number of carbonyl (C=O) groups is 1. The maximum Gasteiger partial charge on any atom is 0.225 e. The van der Waals surface area contributed by atoms with Crippen LogP contribution in [0.25, 0.3) is 0 Å². The van der Waals surface area contributed by atoms with Crippen molar-refractivity contribution in [3.05, 3.63) is 59.4 Å². The van der Waals surface area contributed by atoms with Crippen molar-refractivity contribution in [2.75, 3.05) is 11.9 Å². The van der Waals surface area contributed by atoms with Gasteiger partial charge in [-0.2, -0.15) is 0 Å². The summed E-state index contributed by atoms with van der Waals surface area (Å²) >= 11 is 0. The van der Waals surface area contributed by atoms with Crippen molar-refractivity contribution in [3.8, 4) is 0 Å². The first-order valence-corrected chi connectivity index (χ1v) is 7.12. The van der Waals surface area contributed by atoms with Gasteiger partial charge in [-0.1, -0.05) is 12.1 Å². The summed E-state index contributed by atoms with van der Waals surface area (Å²) in [6.45, 7) is 5.36. The van der Waals surface area contributed by atoms with E-state index in [0.717, 1.165) is 22.5 Å². The predicted octanol–water partition coefficient (Wildman–Crippen LogP) is 2.82. The molecule has 0 unspecified atom stereocenters. The number of carbonyl (C=O) groups excluding carboxylic acids is 1. The normalized spacial score (nSPS) is 10.4. The quantitative estimate of drug-likeness (QED) is 0.802. The third-order valence-electron chi connectivity index (χ3n) is 3.07. The van der Waals surface area contributed by atoms with Crippen LogP contribution < -0.4 is 10.6 Å². The molecule has 2 N–H and O–H groups in total. The number of nitrogens with zero attached hydrogens (tertiary/aromatic N) is 1. The van der Waals surface area contributed by atoms with Crippen molar-refractivity contribution in [1.29, 1.82) is 0 Å². The Bertz CT molecular complexity index is 576. The Morgan fingerprint density at radius 2 is 1.90 bits per heavy atom. The third kappa shape index (κ3) is 5.36. The maximum absolute atomic E-state index is 11.9. The zero-order valence-electron chi connectivity index (χ0n) is 12.5. The highest BCUT2D eigenvalue weighted by molar-refractivity contribution is 5.91. The molecule has 1 amide bonds. The van der Waals surface area contributed by atoms with Crippen LogP contribution in [0.2, 0.25) is 0 Å². The molecule has 0 fully saturated rings. The second kappa shape index (κ2) is 7.55. The molecule has 0 aliphatic heterocycles. The number of aryl methyl sites for hydroxylation is 2. The second-order valence-electron chi connectivity index (χ2n) is 5.17.